The monoisotopic (exact) mass is 220 g/mol. The van der Waals surface area contributed by atoms with Crippen LogP contribution in [0.1, 0.15) is 40.5 Å². The molecule has 0 amide bonds. The second kappa shape index (κ2) is 6.05. The van der Waals surface area contributed by atoms with E-state index in [2.05, 4.69) is 4.74 Å². The first-order chi connectivity index (χ1) is 6.81. The molecule has 0 aromatic heterocycles. The van der Waals surface area contributed by atoms with Gasteiger partial charge in [-0.25, -0.2) is 9.18 Å². The van der Waals surface area contributed by atoms with Gasteiger partial charge < -0.3 is 9.84 Å². The maximum atomic E-state index is 13.5. The van der Waals surface area contributed by atoms with Gasteiger partial charge in [-0.2, -0.15) is 0 Å². The summed E-state index contributed by atoms with van der Waals surface area (Å²) in [4.78, 5) is 11.1. The number of esters is 1. The number of alkyl halides is 1. The molecule has 0 saturated carbocycles. The van der Waals surface area contributed by atoms with E-state index < -0.39 is 17.7 Å². The molecular formula is C11H21FO3. The maximum Gasteiger partial charge on any atom is 0.343 e. The van der Waals surface area contributed by atoms with Gasteiger partial charge in [0.05, 0.1) is 6.61 Å². The molecule has 3 nitrogen and oxygen atoms in total. The van der Waals surface area contributed by atoms with Crippen molar-refractivity contribution in [2.24, 2.45) is 5.92 Å². The van der Waals surface area contributed by atoms with Crippen LogP contribution in [-0.2, 0) is 9.53 Å². The molecule has 4 heteroatoms. The van der Waals surface area contributed by atoms with Crippen molar-refractivity contribution >= 4 is 5.97 Å². The highest BCUT2D eigenvalue weighted by Gasteiger charge is 2.38. The third-order valence-electron chi connectivity index (χ3n) is 2.27. The van der Waals surface area contributed by atoms with Gasteiger partial charge in [0.15, 0.2) is 0 Å². The number of ether oxygens (including phenoxy) is 1. The standard InChI is InChI=1S/C11H21FO3/c1-5-15-10(13)9(12)11(4,14)7-6-8(2)3/h8-9,14H,5-7H2,1-4H3. The summed E-state index contributed by atoms with van der Waals surface area (Å²) in [6.45, 7) is 7.02. The van der Waals surface area contributed by atoms with E-state index in [9.17, 15) is 14.3 Å². The van der Waals surface area contributed by atoms with Gasteiger partial charge in [-0.15, -0.1) is 0 Å². The van der Waals surface area contributed by atoms with E-state index in [0.29, 0.717) is 12.3 Å². The molecule has 0 spiro atoms. The number of carbonyl (C=O) groups excluding carboxylic acids is 1. The molecule has 0 saturated heterocycles. The van der Waals surface area contributed by atoms with Crippen molar-refractivity contribution in [3.63, 3.8) is 0 Å². The van der Waals surface area contributed by atoms with Gasteiger partial charge in [0.25, 0.3) is 0 Å². The van der Waals surface area contributed by atoms with Gasteiger partial charge in [-0.1, -0.05) is 13.8 Å². The van der Waals surface area contributed by atoms with Crippen LogP contribution in [0.4, 0.5) is 4.39 Å². The average Bonchev–Trinajstić information content (AvgIpc) is 2.14. The highest BCUT2D eigenvalue weighted by Crippen LogP contribution is 2.23. The second-order valence-corrected chi connectivity index (χ2v) is 4.40. The molecule has 0 heterocycles. The van der Waals surface area contributed by atoms with Crippen LogP contribution in [0, 0.1) is 5.92 Å². The van der Waals surface area contributed by atoms with Crippen molar-refractivity contribution in [2.75, 3.05) is 6.61 Å². The zero-order valence-electron chi connectivity index (χ0n) is 9.92. The van der Waals surface area contributed by atoms with E-state index in [1.807, 2.05) is 13.8 Å². The Morgan fingerprint density at radius 3 is 2.47 bits per heavy atom. The van der Waals surface area contributed by atoms with Crippen LogP contribution in [0.2, 0.25) is 0 Å². The molecule has 0 rings (SSSR count). The Bertz CT molecular complexity index is 202. The van der Waals surface area contributed by atoms with Crippen LogP contribution in [0.25, 0.3) is 0 Å². The van der Waals surface area contributed by atoms with E-state index in [-0.39, 0.29) is 13.0 Å². The molecule has 90 valence electrons. The minimum Gasteiger partial charge on any atom is -0.464 e. The van der Waals surface area contributed by atoms with Gasteiger partial charge in [-0.3, -0.25) is 0 Å². The summed E-state index contributed by atoms with van der Waals surface area (Å²) in [6, 6.07) is 0. The zero-order valence-corrected chi connectivity index (χ0v) is 9.92. The summed E-state index contributed by atoms with van der Waals surface area (Å²) in [5.74, 6) is -0.614. The lowest BCUT2D eigenvalue weighted by molar-refractivity contribution is -0.160. The van der Waals surface area contributed by atoms with Crippen molar-refractivity contribution < 1.29 is 19.0 Å². The van der Waals surface area contributed by atoms with Gasteiger partial charge in [0.2, 0.25) is 6.17 Å². The fourth-order valence-corrected chi connectivity index (χ4v) is 1.18. The average molecular weight is 220 g/mol. The van der Waals surface area contributed by atoms with Crippen molar-refractivity contribution in [1.29, 1.82) is 0 Å². The molecule has 0 aliphatic rings. The van der Waals surface area contributed by atoms with Crippen LogP contribution in [-0.4, -0.2) is 29.5 Å². The molecule has 2 unspecified atom stereocenters. The third-order valence-corrected chi connectivity index (χ3v) is 2.27. The number of aliphatic hydroxyl groups is 1. The van der Waals surface area contributed by atoms with Crippen molar-refractivity contribution in [2.45, 2.75) is 52.3 Å². The minimum atomic E-state index is -1.96. The first-order valence-electron chi connectivity index (χ1n) is 5.34. The van der Waals surface area contributed by atoms with E-state index in [1.54, 1.807) is 6.92 Å². The Kier molecular flexibility index (Phi) is 5.80. The summed E-state index contributed by atoms with van der Waals surface area (Å²) >= 11 is 0. The van der Waals surface area contributed by atoms with Gasteiger partial charge in [-0.05, 0) is 32.6 Å². The predicted octanol–water partition coefficient (Wildman–Crippen LogP) is 2.07. The minimum absolute atomic E-state index is 0.125. The molecule has 15 heavy (non-hydrogen) atoms. The zero-order chi connectivity index (χ0) is 12.1. The molecule has 0 aliphatic heterocycles. The first-order valence-corrected chi connectivity index (χ1v) is 5.34. The van der Waals surface area contributed by atoms with E-state index in [4.69, 9.17) is 0 Å². The number of rotatable bonds is 6. The van der Waals surface area contributed by atoms with Crippen molar-refractivity contribution in [3.05, 3.63) is 0 Å². The maximum absolute atomic E-state index is 13.5. The lowest BCUT2D eigenvalue weighted by Gasteiger charge is -2.26. The van der Waals surface area contributed by atoms with Crippen LogP contribution >= 0.6 is 0 Å². The molecule has 0 aliphatic carbocycles. The summed E-state index contributed by atoms with van der Waals surface area (Å²) in [6.07, 6.45) is -1.03. The SMILES string of the molecule is CCOC(=O)C(F)C(C)(O)CCC(C)C. The fraction of sp³-hybridized carbons (Fsp3) is 0.909. The van der Waals surface area contributed by atoms with Crippen molar-refractivity contribution in [1.82, 2.24) is 0 Å². The molecular weight excluding hydrogens is 199 g/mol. The molecule has 0 radical (unpaired) electrons. The summed E-state index contributed by atoms with van der Waals surface area (Å²) in [5, 5.41) is 9.75. The smallest absolute Gasteiger partial charge is 0.343 e. The molecule has 0 fully saturated rings. The van der Waals surface area contributed by atoms with Crippen molar-refractivity contribution in [3.8, 4) is 0 Å². The highest BCUT2D eigenvalue weighted by molar-refractivity contribution is 5.75. The van der Waals surface area contributed by atoms with Crippen LogP contribution in [0.3, 0.4) is 0 Å². The molecule has 0 aromatic carbocycles. The Hall–Kier alpha value is -0.640. The molecule has 1 N–H and O–H groups in total. The number of hydrogen-bond acceptors (Lipinski definition) is 3. The number of hydrogen-bond donors (Lipinski definition) is 1. The van der Waals surface area contributed by atoms with Gasteiger partial charge in [0.1, 0.15) is 5.60 Å². The summed E-state index contributed by atoms with van der Waals surface area (Å²) in [7, 11) is 0. The Morgan fingerprint density at radius 1 is 1.53 bits per heavy atom. The lowest BCUT2D eigenvalue weighted by Crippen LogP contribution is -2.42. The number of carbonyl (C=O) groups is 1. The Labute approximate surface area is 90.6 Å². The Balaban J connectivity index is 4.24. The molecule has 0 bridgehead atoms. The topological polar surface area (TPSA) is 46.5 Å². The molecule has 2 atom stereocenters. The fourth-order valence-electron chi connectivity index (χ4n) is 1.18. The molecule has 0 aromatic rings. The van der Waals surface area contributed by atoms with Gasteiger partial charge in [0, 0.05) is 0 Å². The van der Waals surface area contributed by atoms with Crippen LogP contribution in [0.5, 0.6) is 0 Å². The largest absolute Gasteiger partial charge is 0.464 e. The predicted molar refractivity (Wildman–Crippen MR) is 56.2 cm³/mol. The van der Waals surface area contributed by atoms with Crippen LogP contribution in [0.15, 0.2) is 0 Å². The Morgan fingerprint density at radius 2 is 2.07 bits per heavy atom. The number of halogens is 1. The highest BCUT2D eigenvalue weighted by atomic mass is 19.1. The second-order valence-electron chi connectivity index (χ2n) is 4.40. The van der Waals surface area contributed by atoms with E-state index in [1.165, 1.54) is 6.92 Å². The van der Waals surface area contributed by atoms with Crippen LogP contribution < -0.4 is 0 Å². The van der Waals surface area contributed by atoms with Gasteiger partial charge >= 0.3 is 5.97 Å². The van der Waals surface area contributed by atoms with E-state index >= 15 is 0 Å². The van der Waals surface area contributed by atoms with E-state index in [0.717, 1.165) is 0 Å². The first kappa shape index (κ1) is 14.4. The third kappa shape index (κ3) is 5.11. The summed E-state index contributed by atoms with van der Waals surface area (Å²) in [5.41, 5.74) is -1.63. The summed E-state index contributed by atoms with van der Waals surface area (Å²) < 4.78 is 18.0. The lowest BCUT2D eigenvalue weighted by atomic mass is 9.91. The quantitative estimate of drug-likeness (QED) is 0.697. The normalized spacial score (nSPS) is 17.3.